The minimum Gasteiger partial charge on any atom is -0.425 e. The number of benzene rings is 3. The standard InChI is InChI=1S/C32H32ClN5O3/c1-20-10-15-24(28(17-20)41-32(40)26(35)9-5-6-16-34)25-19-36-30-29(22-11-13-23(33)14-12-22)27(37-38(30)31(25)39)18-21-7-3-2-4-8-21/h2-4,7-8,10-15,17,19,26,37H,5-6,9,16,18,34-35H2,1H3/t26-/m1/s1. The van der Waals surface area contributed by atoms with E-state index in [2.05, 4.69) is 5.10 Å². The molecule has 2 aromatic heterocycles. The van der Waals surface area contributed by atoms with Gasteiger partial charge < -0.3 is 16.2 Å². The van der Waals surface area contributed by atoms with Crippen LogP contribution in [-0.2, 0) is 11.2 Å². The topological polar surface area (TPSA) is 128 Å². The highest BCUT2D eigenvalue weighted by molar-refractivity contribution is 6.30. The molecule has 5 N–H and O–H groups in total. The number of esters is 1. The molecule has 8 nitrogen and oxygen atoms in total. The van der Waals surface area contributed by atoms with Crippen molar-refractivity contribution < 1.29 is 9.53 Å². The molecule has 210 valence electrons. The number of aromatic amines is 1. The lowest BCUT2D eigenvalue weighted by Gasteiger charge is -2.14. The molecule has 3 aromatic carbocycles. The second-order valence-corrected chi connectivity index (χ2v) is 10.5. The molecule has 5 rings (SSSR count). The summed E-state index contributed by atoms with van der Waals surface area (Å²) in [5.41, 5.74) is 17.0. The van der Waals surface area contributed by atoms with Gasteiger partial charge in [-0.3, -0.25) is 9.89 Å². The van der Waals surface area contributed by atoms with Gasteiger partial charge in [-0.05, 0) is 61.2 Å². The van der Waals surface area contributed by atoms with Gasteiger partial charge >= 0.3 is 5.97 Å². The van der Waals surface area contributed by atoms with E-state index >= 15 is 0 Å². The third kappa shape index (κ3) is 6.25. The van der Waals surface area contributed by atoms with E-state index in [-0.39, 0.29) is 16.9 Å². The van der Waals surface area contributed by atoms with E-state index in [9.17, 15) is 9.59 Å². The summed E-state index contributed by atoms with van der Waals surface area (Å²) in [6.45, 7) is 2.42. The van der Waals surface area contributed by atoms with E-state index < -0.39 is 12.0 Å². The number of nitrogens with zero attached hydrogens (tertiary/aromatic N) is 2. The third-order valence-corrected chi connectivity index (χ3v) is 7.25. The number of fused-ring (bicyclic) bond motifs is 1. The molecule has 0 saturated heterocycles. The zero-order valence-electron chi connectivity index (χ0n) is 22.8. The molecule has 0 unspecified atom stereocenters. The molecule has 0 aliphatic carbocycles. The molecule has 0 bridgehead atoms. The molecule has 1 atom stereocenters. The Hall–Kier alpha value is -4.24. The van der Waals surface area contributed by atoms with Crippen molar-refractivity contribution in [3.8, 4) is 28.0 Å². The van der Waals surface area contributed by atoms with E-state index in [1.165, 1.54) is 10.7 Å². The summed E-state index contributed by atoms with van der Waals surface area (Å²) in [6, 6.07) is 22.0. The smallest absolute Gasteiger partial charge is 0.328 e. The summed E-state index contributed by atoms with van der Waals surface area (Å²) in [4.78, 5) is 31.5. The first-order valence-corrected chi connectivity index (χ1v) is 13.9. The summed E-state index contributed by atoms with van der Waals surface area (Å²) in [6.07, 6.45) is 4.06. The van der Waals surface area contributed by atoms with Crippen LogP contribution in [0.25, 0.3) is 27.9 Å². The second-order valence-electron chi connectivity index (χ2n) is 10.1. The summed E-state index contributed by atoms with van der Waals surface area (Å²) < 4.78 is 7.18. The van der Waals surface area contributed by atoms with Crippen LogP contribution < -0.4 is 21.8 Å². The van der Waals surface area contributed by atoms with Crippen molar-refractivity contribution in [3.63, 3.8) is 0 Å². The number of carbonyl (C=O) groups excluding carboxylic acids is 1. The molecule has 0 amide bonds. The monoisotopic (exact) mass is 569 g/mol. The van der Waals surface area contributed by atoms with Gasteiger partial charge in [0.1, 0.15) is 11.8 Å². The number of hydrogen-bond acceptors (Lipinski definition) is 6. The van der Waals surface area contributed by atoms with E-state index in [0.717, 1.165) is 40.8 Å². The molecule has 0 fully saturated rings. The molecule has 0 saturated carbocycles. The first-order chi connectivity index (χ1) is 19.9. The van der Waals surface area contributed by atoms with Gasteiger partial charge in [0.25, 0.3) is 5.56 Å². The molecule has 0 aliphatic heterocycles. The minimum atomic E-state index is -0.789. The maximum atomic E-state index is 14.0. The van der Waals surface area contributed by atoms with E-state index in [1.807, 2.05) is 67.6 Å². The van der Waals surface area contributed by atoms with E-state index in [0.29, 0.717) is 35.6 Å². The van der Waals surface area contributed by atoms with Crippen LogP contribution in [0.15, 0.2) is 83.8 Å². The van der Waals surface area contributed by atoms with Crippen LogP contribution in [-0.4, -0.2) is 33.2 Å². The molecule has 0 aliphatic rings. The Labute approximate surface area is 242 Å². The number of rotatable bonds is 10. The number of carbonyl (C=O) groups is 1. The van der Waals surface area contributed by atoms with Gasteiger partial charge in [-0.15, -0.1) is 0 Å². The van der Waals surface area contributed by atoms with Crippen LogP contribution in [0.5, 0.6) is 5.75 Å². The van der Waals surface area contributed by atoms with Crippen molar-refractivity contribution in [2.24, 2.45) is 11.5 Å². The molecule has 2 heterocycles. The maximum absolute atomic E-state index is 14.0. The molecular weight excluding hydrogens is 538 g/mol. The van der Waals surface area contributed by atoms with E-state index in [1.54, 1.807) is 12.1 Å². The largest absolute Gasteiger partial charge is 0.425 e. The summed E-state index contributed by atoms with van der Waals surface area (Å²) >= 11 is 6.16. The van der Waals surface area contributed by atoms with Crippen LogP contribution >= 0.6 is 11.6 Å². The fourth-order valence-corrected chi connectivity index (χ4v) is 4.97. The van der Waals surface area contributed by atoms with Crippen molar-refractivity contribution >= 4 is 23.2 Å². The third-order valence-electron chi connectivity index (χ3n) is 7.00. The van der Waals surface area contributed by atoms with Gasteiger partial charge in [-0.1, -0.05) is 72.6 Å². The van der Waals surface area contributed by atoms with Crippen LogP contribution in [0, 0.1) is 6.92 Å². The van der Waals surface area contributed by atoms with E-state index in [4.69, 9.17) is 32.8 Å². The molecule has 5 aromatic rings. The fourth-order valence-electron chi connectivity index (χ4n) is 4.84. The lowest BCUT2D eigenvalue weighted by molar-refractivity contribution is -0.136. The molecule has 0 spiro atoms. The minimum absolute atomic E-state index is 0.261. The van der Waals surface area contributed by atoms with Gasteiger partial charge in [0.05, 0.1) is 5.56 Å². The normalized spacial score (nSPS) is 12.0. The number of aromatic nitrogens is 3. The predicted octanol–water partition coefficient (Wildman–Crippen LogP) is 5.27. The van der Waals surface area contributed by atoms with Crippen LogP contribution in [0.3, 0.4) is 0 Å². The Bertz CT molecular complexity index is 1730. The number of nitrogens with two attached hydrogens (primary N) is 2. The van der Waals surface area contributed by atoms with Crippen molar-refractivity contribution in [2.75, 3.05) is 6.54 Å². The summed E-state index contributed by atoms with van der Waals surface area (Å²) in [5, 5.41) is 3.91. The Morgan fingerprint density at radius 1 is 1.05 bits per heavy atom. The summed E-state index contributed by atoms with van der Waals surface area (Å²) in [7, 11) is 0. The highest BCUT2D eigenvalue weighted by Crippen LogP contribution is 2.33. The molecule has 41 heavy (non-hydrogen) atoms. The Morgan fingerprint density at radius 3 is 2.54 bits per heavy atom. The fraction of sp³-hybridized carbons (Fsp3) is 0.219. The van der Waals surface area contributed by atoms with Crippen LogP contribution in [0.1, 0.15) is 36.1 Å². The van der Waals surface area contributed by atoms with Crippen molar-refractivity contribution in [2.45, 2.75) is 38.6 Å². The number of ether oxygens (including phenoxy) is 1. The lowest BCUT2D eigenvalue weighted by Crippen LogP contribution is -2.34. The Kier molecular flexibility index (Phi) is 8.64. The number of aryl methyl sites for hydroxylation is 1. The highest BCUT2D eigenvalue weighted by Gasteiger charge is 2.22. The molecular formula is C32H32ClN5O3. The van der Waals surface area contributed by atoms with Gasteiger partial charge in [0.15, 0.2) is 5.65 Å². The first-order valence-electron chi connectivity index (χ1n) is 13.6. The van der Waals surface area contributed by atoms with Crippen molar-refractivity contribution in [1.82, 2.24) is 14.6 Å². The highest BCUT2D eigenvalue weighted by atomic mass is 35.5. The molecule has 0 radical (unpaired) electrons. The number of halogens is 1. The van der Waals surface area contributed by atoms with Gasteiger partial charge in [0, 0.05) is 34.5 Å². The van der Waals surface area contributed by atoms with Gasteiger partial charge in [0.2, 0.25) is 0 Å². The average molecular weight is 570 g/mol. The number of unbranched alkanes of at least 4 members (excludes halogenated alkanes) is 1. The number of H-pyrrole nitrogens is 1. The van der Waals surface area contributed by atoms with Crippen molar-refractivity contribution in [3.05, 3.63) is 111 Å². The van der Waals surface area contributed by atoms with Gasteiger partial charge in [-0.25, -0.2) is 14.3 Å². The Balaban J connectivity index is 1.59. The predicted molar refractivity (Wildman–Crippen MR) is 162 cm³/mol. The second kappa shape index (κ2) is 12.5. The van der Waals surface area contributed by atoms with Crippen molar-refractivity contribution in [1.29, 1.82) is 0 Å². The number of hydrogen-bond donors (Lipinski definition) is 3. The van der Waals surface area contributed by atoms with Crippen LogP contribution in [0.2, 0.25) is 5.02 Å². The summed E-state index contributed by atoms with van der Waals surface area (Å²) in [5.74, 6) is -0.296. The SMILES string of the molecule is Cc1ccc(-c2cnc3c(-c4ccc(Cl)cc4)c(Cc4ccccc4)[nH]n3c2=O)c(OC(=O)[C@H](N)CCCCN)c1. The maximum Gasteiger partial charge on any atom is 0.328 e. The van der Waals surface area contributed by atoms with Crippen LogP contribution in [0.4, 0.5) is 0 Å². The quantitative estimate of drug-likeness (QED) is 0.119. The first kappa shape index (κ1) is 28.3. The zero-order chi connectivity index (χ0) is 28.9. The van der Waals surface area contributed by atoms with Gasteiger partial charge in [-0.2, -0.15) is 0 Å². The zero-order valence-corrected chi connectivity index (χ0v) is 23.5. The Morgan fingerprint density at radius 2 is 1.80 bits per heavy atom. The average Bonchev–Trinajstić information content (AvgIpc) is 3.33. The lowest BCUT2D eigenvalue weighted by atomic mass is 10.0. The molecule has 9 heteroatoms. The number of nitrogens with one attached hydrogen (secondary N) is 1.